The molecule has 0 radical (unpaired) electrons. The Hall–Kier alpha value is -0.410. The predicted octanol–water partition coefficient (Wildman–Crippen LogP) is 1.16. The van der Waals surface area contributed by atoms with E-state index in [4.69, 9.17) is 5.73 Å². The fraction of sp³-hybridized carbons (Fsp3) is 0.400. The van der Waals surface area contributed by atoms with E-state index in [1.165, 1.54) is 11.5 Å². The Balaban J connectivity index is 2.77. The zero-order chi connectivity index (χ0) is 5.98. The van der Waals surface area contributed by atoms with E-state index in [1.807, 2.05) is 12.3 Å². The molecule has 3 heteroatoms. The summed E-state index contributed by atoms with van der Waals surface area (Å²) < 4.78 is 3.91. The van der Waals surface area contributed by atoms with Crippen LogP contribution in [0.3, 0.4) is 0 Å². The molecule has 1 atom stereocenters. The standard InChI is InChI=1S/C5H8N2S/c1-4(6)5-2-7-8-3-5/h2-4H,6H2,1H3. The summed E-state index contributed by atoms with van der Waals surface area (Å²) in [5, 5.41) is 1.96. The normalized spacial score (nSPS) is 13.8. The molecule has 0 aliphatic heterocycles. The van der Waals surface area contributed by atoms with Gasteiger partial charge in [0.05, 0.1) is 0 Å². The van der Waals surface area contributed by atoms with Gasteiger partial charge in [-0.05, 0) is 24.0 Å². The van der Waals surface area contributed by atoms with E-state index < -0.39 is 0 Å². The summed E-state index contributed by atoms with van der Waals surface area (Å²) in [5.74, 6) is 0. The predicted molar refractivity (Wildman–Crippen MR) is 34.7 cm³/mol. The van der Waals surface area contributed by atoms with Crippen molar-refractivity contribution in [2.45, 2.75) is 13.0 Å². The van der Waals surface area contributed by atoms with Crippen LogP contribution in [0.5, 0.6) is 0 Å². The molecule has 1 rings (SSSR count). The van der Waals surface area contributed by atoms with E-state index in [2.05, 4.69) is 4.37 Å². The Labute approximate surface area is 52.5 Å². The summed E-state index contributed by atoms with van der Waals surface area (Å²) >= 11 is 1.44. The van der Waals surface area contributed by atoms with Gasteiger partial charge in [0.1, 0.15) is 0 Å². The maximum absolute atomic E-state index is 5.52. The molecule has 2 nitrogen and oxygen atoms in total. The summed E-state index contributed by atoms with van der Waals surface area (Å²) in [6.45, 7) is 1.95. The van der Waals surface area contributed by atoms with Gasteiger partial charge in [-0.2, -0.15) is 0 Å². The van der Waals surface area contributed by atoms with E-state index in [0.717, 1.165) is 5.56 Å². The Morgan fingerprint density at radius 3 is 2.88 bits per heavy atom. The number of hydrogen-bond donors (Lipinski definition) is 1. The molecular weight excluding hydrogens is 120 g/mol. The second kappa shape index (κ2) is 2.24. The molecule has 0 saturated heterocycles. The summed E-state index contributed by atoms with van der Waals surface area (Å²) in [6.07, 6.45) is 1.80. The van der Waals surface area contributed by atoms with E-state index in [-0.39, 0.29) is 6.04 Å². The molecule has 0 aromatic carbocycles. The second-order valence-electron chi connectivity index (χ2n) is 1.75. The van der Waals surface area contributed by atoms with Crippen LogP contribution in [0, 0.1) is 0 Å². The van der Waals surface area contributed by atoms with Gasteiger partial charge in [0.25, 0.3) is 0 Å². The largest absolute Gasteiger partial charge is 0.324 e. The number of hydrogen-bond acceptors (Lipinski definition) is 3. The fourth-order valence-corrected chi connectivity index (χ4v) is 1.08. The van der Waals surface area contributed by atoms with Crippen molar-refractivity contribution in [1.82, 2.24) is 4.37 Å². The maximum Gasteiger partial charge on any atom is 0.0454 e. The SMILES string of the molecule is CC(N)c1cnsc1. The Kier molecular flexibility index (Phi) is 1.60. The van der Waals surface area contributed by atoms with Crippen molar-refractivity contribution >= 4 is 11.5 Å². The molecule has 1 aromatic heterocycles. The molecule has 0 aliphatic rings. The van der Waals surface area contributed by atoms with Crippen LogP contribution in [0.15, 0.2) is 11.6 Å². The van der Waals surface area contributed by atoms with Crippen molar-refractivity contribution in [1.29, 1.82) is 0 Å². The van der Waals surface area contributed by atoms with Gasteiger partial charge in [0.2, 0.25) is 0 Å². The zero-order valence-electron chi connectivity index (χ0n) is 4.66. The van der Waals surface area contributed by atoms with Gasteiger partial charge < -0.3 is 5.73 Å². The third-order valence-electron chi connectivity index (χ3n) is 0.977. The quantitative estimate of drug-likeness (QED) is 0.616. The minimum absolute atomic E-state index is 0.133. The monoisotopic (exact) mass is 128 g/mol. The second-order valence-corrected chi connectivity index (χ2v) is 2.40. The van der Waals surface area contributed by atoms with Crippen LogP contribution in [0.4, 0.5) is 0 Å². The van der Waals surface area contributed by atoms with E-state index in [1.54, 1.807) is 6.20 Å². The molecule has 1 unspecified atom stereocenters. The molecule has 44 valence electrons. The molecular formula is C5H8N2S. The van der Waals surface area contributed by atoms with Crippen molar-refractivity contribution in [3.8, 4) is 0 Å². The molecule has 0 fully saturated rings. The molecule has 0 aliphatic carbocycles. The van der Waals surface area contributed by atoms with Crippen molar-refractivity contribution in [2.24, 2.45) is 5.73 Å². The van der Waals surface area contributed by atoms with E-state index in [9.17, 15) is 0 Å². The van der Waals surface area contributed by atoms with Crippen LogP contribution in [0.25, 0.3) is 0 Å². The van der Waals surface area contributed by atoms with Crippen LogP contribution in [-0.4, -0.2) is 4.37 Å². The van der Waals surface area contributed by atoms with Gasteiger partial charge >= 0.3 is 0 Å². The van der Waals surface area contributed by atoms with Crippen molar-refractivity contribution in [3.63, 3.8) is 0 Å². The Morgan fingerprint density at radius 1 is 1.88 bits per heavy atom. The highest BCUT2D eigenvalue weighted by Gasteiger charge is 1.96. The molecule has 0 saturated carbocycles. The first kappa shape index (κ1) is 5.72. The highest BCUT2D eigenvalue weighted by Crippen LogP contribution is 2.08. The lowest BCUT2D eigenvalue weighted by atomic mass is 10.2. The lowest BCUT2D eigenvalue weighted by Crippen LogP contribution is -2.02. The van der Waals surface area contributed by atoms with Gasteiger partial charge in [0.15, 0.2) is 0 Å². The average molecular weight is 128 g/mol. The van der Waals surface area contributed by atoms with Crippen LogP contribution in [0.2, 0.25) is 0 Å². The lowest BCUT2D eigenvalue weighted by Gasteiger charge is -1.95. The van der Waals surface area contributed by atoms with Gasteiger partial charge in [-0.25, -0.2) is 4.37 Å². The topological polar surface area (TPSA) is 38.9 Å². The molecule has 0 amide bonds. The molecule has 0 bridgehead atoms. The van der Waals surface area contributed by atoms with Crippen molar-refractivity contribution in [3.05, 3.63) is 17.1 Å². The first-order valence-corrected chi connectivity index (χ1v) is 3.29. The molecule has 0 spiro atoms. The van der Waals surface area contributed by atoms with Crippen molar-refractivity contribution < 1.29 is 0 Å². The number of nitrogens with two attached hydrogens (primary N) is 1. The van der Waals surface area contributed by atoms with E-state index >= 15 is 0 Å². The van der Waals surface area contributed by atoms with E-state index in [0.29, 0.717) is 0 Å². The van der Waals surface area contributed by atoms with Gasteiger partial charge in [0, 0.05) is 17.6 Å². The number of nitrogens with zero attached hydrogens (tertiary/aromatic N) is 1. The van der Waals surface area contributed by atoms with Crippen LogP contribution < -0.4 is 5.73 Å². The van der Waals surface area contributed by atoms with Crippen LogP contribution in [0.1, 0.15) is 18.5 Å². The summed E-state index contributed by atoms with van der Waals surface area (Å²) in [6, 6.07) is 0.133. The molecule has 1 aromatic rings. The average Bonchev–Trinajstić information content (AvgIpc) is 2.12. The van der Waals surface area contributed by atoms with Gasteiger partial charge in [-0.15, -0.1) is 0 Å². The first-order chi connectivity index (χ1) is 3.80. The smallest absolute Gasteiger partial charge is 0.0454 e. The highest BCUT2D eigenvalue weighted by atomic mass is 32.1. The molecule has 2 N–H and O–H groups in total. The Morgan fingerprint density at radius 2 is 2.62 bits per heavy atom. The van der Waals surface area contributed by atoms with Crippen molar-refractivity contribution in [2.75, 3.05) is 0 Å². The molecule has 8 heavy (non-hydrogen) atoms. The minimum Gasteiger partial charge on any atom is -0.324 e. The number of rotatable bonds is 1. The van der Waals surface area contributed by atoms with Crippen LogP contribution in [-0.2, 0) is 0 Å². The zero-order valence-corrected chi connectivity index (χ0v) is 5.48. The Bertz CT molecular complexity index is 145. The maximum atomic E-state index is 5.52. The van der Waals surface area contributed by atoms with Crippen LogP contribution >= 0.6 is 11.5 Å². The minimum atomic E-state index is 0.133. The van der Waals surface area contributed by atoms with Gasteiger partial charge in [-0.1, -0.05) is 0 Å². The fourth-order valence-electron chi connectivity index (χ4n) is 0.438. The molecule has 1 heterocycles. The third kappa shape index (κ3) is 1.05. The highest BCUT2D eigenvalue weighted by molar-refractivity contribution is 7.03. The summed E-state index contributed by atoms with van der Waals surface area (Å²) in [4.78, 5) is 0. The lowest BCUT2D eigenvalue weighted by molar-refractivity contribution is 0.820. The third-order valence-corrected chi connectivity index (χ3v) is 1.58. The summed E-state index contributed by atoms with van der Waals surface area (Å²) in [5.41, 5.74) is 6.65. The number of aromatic nitrogens is 1. The summed E-state index contributed by atoms with van der Waals surface area (Å²) in [7, 11) is 0. The van der Waals surface area contributed by atoms with Gasteiger partial charge in [-0.3, -0.25) is 0 Å². The first-order valence-electron chi connectivity index (χ1n) is 2.45.